The number of likely N-dealkylation sites (tertiary alicyclic amines) is 1. The molecule has 0 aliphatic carbocycles. The highest BCUT2D eigenvalue weighted by atomic mass is 16.7. The summed E-state index contributed by atoms with van der Waals surface area (Å²) >= 11 is 0. The molecule has 0 bridgehead atoms. The Hall–Kier alpha value is -1.59. The largest absolute Gasteiger partial charge is 0.428 e. The number of aliphatic hydroxyl groups excluding tert-OH is 1. The highest BCUT2D eigenvalue weighted by Gasteiger charge is 2.25. The van der Waals surface area contributed by atoms with E-state index < -0.39 is 12.2 Å². The van der Waals surface area contributed by atoms with Gasteiger partial charge in [-0.25, -0.2) is 4.79 Å². The maximum atomic E-state index is 11.5. The van der Waals surface area contributed by atoms with Crippen molar-refractivity contribution in [1.29, 1.82) is 0 Å². The van der Waals surface area contributed by atoms with Gasteiger partial charge in [-0.2, -0.15) is 0 Å². The van der Waals surface area contributed by atoms with Crippen molar-refractivity contribution in [3.05, 3.63) is 35.9 Å². The second-order valence-electron chi connectivity index (χ2n) is 4.06. The first-order valence-corrected chi connectivity index (χ1v) is 5.66. The van der Waals surface area contributed by atoms with Crippen LogP contribution in [0, 0.1) is 0 Å². The topological polar surface area (TPSA) is 61.8 Å². The van der Waals surface area contributed by atoms with Gasteiger partial charge >= 0.3 is 6.09 Å². The Bertz CT molecular complexity index is 369. The first kappa shape index (κ1) is 11.9. The Morgan fingerprint density at radius 1 is 1.47 bits per heavy atom. The molecule has 1 aromatic rings. The lowest BCUT2D eigenvalue weighted by Gasteiger charge is -2.15. The molecule has 0 saturated carbocycles. The van der Waals surface area contributed by atoms with Crippen LogP contribution >= 0.6 is 0 Å². The van der Waals surface area contributed by atoms with Gasteiger partial charge in [-0.1, -0.05) is 30.3 Å². The van der Waals surface area contributed by atoms with Crippen LogP contribution in [-0.4, -0.2) is 35.3 Å². The second-order valence-corrected chi connectivity index (χ2v) is 4.06. The van der Waals surface area contributed by atoms with E-state index in [0.717, 1.165) is 5.56 Å². The van der Waals surface area contributed by atoms with E-state index in [9.17, 15) is 9.90 Å². The van der Waals surface area contributed by atoms with Crippen LogP contribution in [0.2, 0.25) is 0 Å². The number of hydrogen-bond acceptors (Lipinski definition) is 4. The predicted octanol–water partition coefficient (Wildman–Crippen LogP) is 0.894. The lowest BCUT2D eigenvalue weighted by atomic mass is 10.2. The fourth-order valence-electron chi connectivity index (χ4n) is 1.75. The van der Waals surface area contributed by atoms with Gasteiger partial charge in [-0.15, -0.1) is 5.48 Å². The standard InChI is InChI=1S/C12H16N2O3/c15-11-6-7-14(9-11)12(16)17-13-8-10-4-2-1-3-5-10/h1-5,11,13,15H,6-9H2. The van der Waals surface area contributed by atoms with E-state index in [2.05, 4.69) is 5.48 Å². The molecule has 1 aliphatic heterocycles. The monoisotopic (exact) mass is 236 g/mol. The molecular formula is C12H16N2O3. The highest BCUT2D eigenvalue weighted by molar-refractivity contribution is 5.67. The lowest BCUT2D eigenvalue weighted by Crippen LogP contribution is -2.34. The Morgan fingerprint density at radius 2 is 2.24 bits per heavy atom. The minimum absolute atomic E-state index is 0.353. The number of hydrogen-bond donors (Lipinski definition) is 2. The summed E-state index contributed by atoms with van der Waals surface area (Å²) in [6.07, 6.45) is -0.234. The molecule has 1 aliphatic rings. The van der Waals surface area contributed by atoms with E-state index in [1.54, 1.807) is 0 Å². The SMILES string of the molecule is O=C(ONCc1ccccc1)N1CCC(O)C1. The predicted molar refractivity (Wildman–Crippen MR) is 62.0 cm³/mol. The number of β-amino-alcohol motifs (C(OH)–C–C–N with tert-alkyl or cyclic N) is 1. The fraction of sp³-hybridized carbons (Fsp3) is 0.417. The Balaban J connectivity index is 1.70. The van der Waals surface area contributed by atoms with Gasteiger partial charge in [-0.05, 0) is 12.0 Å². The van der Waals surface area contributed by atoms with Crippen molar-refractivity contribution in [2.24, 2.45) is 0 Å². The van der Waals surface area contributed by atoms with E-state index >= 15 is 0 Å². The van der Waals surface area contributed by atoms with Gasteiger partial charge < -0.3 is 14.8 Å². The van der Waals surface area contributed by atoms with Crippen LogP contribution in [0.5, 0.6) is 0 Å². The van der Waals surface area contributed by atoms with Gasteiger partial charge in [0, 0.05) is 6.54 Å². The molecule has 0 spiro atoms. The number of nitrogens with one attached hydrogen (secondary N) is 1. The van der Waals surface area contributed by atoms with Gasteiger partial charge in [0.05, 0.1) is 19.2 Å². The third-order valence-electron chi connectivity index (χ3n) is 2.70. The van der Waals surface area contributed by atoms with Crippen LogP contribution in [0.1, 0.15) is 12.0 Å². The molecule has 1 amide bonds. The summed E-state index contributed by atoms with van der Waals surface area (Å²) in [4.78, 5) is 17.9. The molecule has 1 atom stereocenters. The number of aliphatic hydroxyl groups is 1. The van der Waals surface area contributed by atoms with Crippen molar-refractivity contribution in [3.8, 4) is 0 Å². The van der Waals surface area contributed by atoms with Gasteiger partial charge in [0.15, 0.2) is 0 Å². The third-order valence-corrected chi connectivity index (χ3v) is 2.70. The highest BCUT2D eigenvalue weighted by Crippen LogP contribution is 2.09. The van der Waals surface area contributed by atoms with E-state index in [0.29, 0.717) is 26.1 Å². The van der Waals surface area contributed by atoms with Crippen LogP contribution in [-0.2, 0) is 11.4 Å². The molecule has 0 radical (unpaired) electrons. The minimum atomic E-state index is -0.433. The average Bonchev–Trinajstić information content (AvgIpc) is 2.77. The summed E-state index contributed by atoms with van der Waals surface area (Å²) in [5.74, 6) is 0. The minimum Gasteiger partial charge on any atom is -0.391 e. The van der Waals surface area contributed by atoms with Crippen LogP contribution in [0.3, 0.4) is 0 Å². The second kappa shape index (κ2) is 5.65. The lowest BCUT2D eigenvalue weighted by molar-refractivity contribution is 0.0544. The normalized spacial score (nSPS) is 19.4. The Kier molecular flexibility index (Phi) is 3.95. The summed E-state index contributed by atoms with van der Waals surface area (Å²) in [5, 5.41) is 9.28. The number of benzene rings is 1. The maximum absolute atomic E-state index is 11.5. The number of rotatable bonds is 3. The Morgan fingerprint density at radius 3 is 2.88 bits per heavy atom. The zero-order valence-electron chi connectivity index (χ0n) is 9.50. The Labute approximate surface area is 99.9 Å². The number of carbonyl (C=O) groups excluding carboxylic acids is 1. The quantitative estimate of drug-likeness (QED) is 0.765. The van der Waals surface area contributed by atoms with Gasteiger partial charge in [0.1, 0.15) is 0 Å². The van der Waals surface area contributed by atoms with Crippen molar-refractivity contribution in [2.45, 2.75) is 19.1 Å². The molecule has 92 valence electrons. The van der Waals surface area contributed by atoms with Gasteiger partial charge in [-0.3, -0.25) is 0 Å². The van der Waals surface area contributed by atoms with Crippen molar-refractivity contribution in [2.75, 3.05) is 13.1 Å². The summed E-state index contributed by atoms with van der Waals surface area (Å²) in [6.45, 7) is 1.38. The third kappa shape index (κ3) is 3.44. The smallest absolute Gasteiger partial charge is 0.391 e. The van der Waals surface area contributed by atoms with Crippen LogP contribution in [0.25, 0.3) is 0 Å². The molecule has 5 heteroatoms. The van der Waals surface area contributed by atoms with Crippen molar-refractivity contribution in [3.63, 3.8) is 0 Å². The summed E-state index contributed by atoms with van der Waals surface area (Å²) < 4.78 is 0. The molecule has 5 nitrogen and oxygen atoms in total. The van der Waals surface area contributed by atoms with E-state index in [1.165, 1.54) is 4.90 Å². The summed E-state index contributed by atoms with van der Waals surface area (Å²) in [6, 6.07) is 9.67. The van der Waals surface area contributed by atoms with E-state index in [-0.39, 0.29) is 0 Å². The maximum Gasteiger partial charge on any atom is 0.428 e. The molecule has 17 heavy (non-hydrogen) atoms. The van der Waals surface area contributed by atoms with Gasteiger partial charge in [0.25, 0.3) is 0 Å². The molecule has 1 aromatic carbocycles. The fourth-order valence-corrected chi connectivity index (χ4v) is 1.75. The zero-order valence-corrected chi connectivity index (χ0v) is 9.50. The first-order valence-electron chi connectivity index (χ1n) is 5.66. The van der Waals surface area contributed by atoms with Crippen LogP contribution < -0.4 is 5.48 Å². The molecule has 2 rings (SSSR count). The number of carbonyl (C=O) groups is 1. The summed E-state index contributed by atoms with van der Waals surface area (Å²) in [7, 11) is 0. The van der Waals surface area contributed by atoms with E-state index in [1.807, 2.05) is 30.3 Å². The molecule has 1 saturated heterocycles. The average molecular weight is 236 g/mol. The van der Waals surface area contributed by atoms with E-state index in [4.69, 9.17) is 4.84 Å². The summed E-state index contributed by atoms with van der Waals surface area (Å²) in [5.41, 5.74) is 3.66. The van der Waals surface area contributed by atoms with Crippen LogP contribution in [0.15, 0.2) is 30.3 Å². The van der Waals surface area contributed by atoms with Crippen molar-refractivity contribution < 1.29 is 14.7 Å². The first-order chi connectivity index (χ1) is 8.25. The number of hydroxylamine groups is 1. The van der Waals surface area contributed by atoms with Crippen molar-refractivity contribution in [1.82, 2.24) is 10.4 Å². The molecule has 1 unspecified atom stereocenters. The van der Waals surface area contributed by atoms with Crippen molar-refractivity contribution >= 4 is 6.09 Å². The van der Waals surface area contributed by atoms with Gasteiger partial charge in [0.2, 0.25) is 0 Å². The molecule has 1 fully saturated rings. The van der Waals surface area contributed by atoms with Crippen LogP contribution in [0.4, 0.5) is 4.79 Å². The molecule has 2 N–H and O–H groups in total. The number of amides is 1. The molecule has 0 aromatic heterocycles. The zero-order chi connectivity index (χ0) is 12.1. The number of nitrogens with zero attached hydrogens (tertiary/aromatic N) is 1. The molecular weight excluding hydrogens is 220 g/mol. The molecule has 1 heterocycles.